The van der Waals surface area contributed by atoms with Crippen LogP contribution in [0.25, 0.3) is 11.0 Å². The highest BCUT2D eigenvalue weighted by atomic mass is 16.5. The van der Waals surface area contributed by atoms with Gasteiger partial charge in [-0.1, -0.05) is 30.3 Å². The molecule has 26 heavy (non-hydrogen) atoms. The lowest BCUT2D eigenvalue weighted by atomic mass is 10.2. The molecule has 1 N–H and O–H groups in total. The lowest BCUT2D eigenvalue weighted by Gasteiger charge is -2.15. The summed E-state index contributed by atoms with van der Waals surface area (Å²) in [6, 6.07) is 16.4. The fourth-order valence-electron chi connectivity index (χ4n) is 2.73. The molecule has 134 valence electrons. The maximum Gasteiger partial charge on any atom is 0.258 e. The van der Waals surface area contributed by atoms with Crippen molar-refractivity contribution in [2.24, 2.45) is 0 Å². The van der Waals surface area contributed by atoms with Gasteiger partial charge in [-0.2, -0.15) is 0 Å². The molecule has 2 aromatic carbocycles. The van der Waals surface area contributed by atoms with E-state index in [-0.39, 0.29) is 30.9 Å². The molecular weight excluding hydrogens is 330 g/mol. The minimum absolute atomic E-state index is 0.0353. The van der Waals surface area contributed by atoms with Crippen LogP contribution >= 0.6 is 0 Å². The second kappa shape index (κ2) is 7.82. The number of hydrogen-bond donors (Lipinski definition) is 1. The highest BCUT2D eigenvalue weighted by molar-refractivity contribution is 5.84. The van der Waals surface area contributed by atoms with Gasteiger partial charge in [0.2, 0.25) is 0 Å². The van der Waals surface area contributed by atoms with Crippen molar-refractivity contribution in [1.82, 2.24) is 14.9 Å². The Morgan fingerprint density at radius 2 is 1.81 bits per heavy atom. The van der Waals surface area contributed by atoms with Gasteiger partial charge >= 0.3 is 0 Å². The fraction of sp³-hybridized carbons (Fsp3) is 0.250. The van der Waals surface area contributed by atoms with Crippen molar-refractivity contribution in [3.63, 3.8) is 0 Å². The zero-order chi connectivity index (χ0) is 18.5. The second-order valence-corrected chi connectivity index (χ2v) is 6.05. The SMILES string of the molecule is CC(=O)C(C)n1c(CNC(=O)COc2ccccc2)nc2ccccc21. The van der Waals surface area contributed by atoms with E-state index in [9.17, 15) is 9.59 Å². The molecule has 1 atom stereocenters. The summed E-state index contributed by atoms with van der Waals surface area (Å²) in [5.41, 5.74) is 1.67. The van der Waals surface area contributed by atoms with Crippen LogP contribution in [0.5, 0.6) is 5.75 Å². The van der Waals surface area contributed by atoms with Crippen LogP contribution in [0, 0.1) is 0 Å². The Morgan fingerprint density at radius 1 is 1.12 bits per heavy atom. The van der Waals surface area contributed by atoms with Gasteiger partial charge in [-0.15, -0.1) is 0 Å². The number of aromatic nitrogens is 2. The smallest absolute Gasteiger partial charge is 0.258 e. The van der Waals surface area contributed by atoms with Crippen LogP contribution in [0.3, 0.4) is 0 Å². The molecule has 6 heteroatoms. The van der Waals surface area contributed by atoms with E-state index in [0.717, 1.165) is 11.0 Å². The standard InChI is InChI=1S/C20H21N3O3/c1-14(15(2)24)23-18-11-7-6-10-17(18)22-19(23)12-21-20(25)13-26-16-8-4-3-5-9-16/h3-11,14H,12-13H2,1-2H3,(H,21,25). The van der Waals surface area contributed by atoms with Crippen LogP contribution in [0.2, 0.25) is 0 Å². The fourth-order valence-corrected chi connectivity index (χ4v) is 2.73. The number of carbonyl (C=O) groups excluding carboxylic acids is 2. The molecule has 0 saturated carbocycles. The molecule has 0 bridgehead atoms. The van der Waals surface area contributed by atoms with Gasteiger partial charge in [-0.3, -0.25) is 9.59 Å². The number of fused-ring (bicyclic) bond motifs is 1. The summed E-state index contributed by atoms with van der Waals surface area (Å²) in [7, 11) is 0. The highest BCUT2D eigenvalue weighted by Crippen LogP contribution is 2.21. The van der Waals surface area contributed by atoms with E-state index in [1.54, 1.807) is 19.1 Å². The van der Waals surface area contributed by atoms with Crippen molar-refractivity contribution in [2.45, 2.75) is 26.4 Å². The van der Waals surface area contributed by atoms with Gasteiger partial charge in [-0.25, -0.2) is 4.98 Å². The number of rotatable bonds is 7. The van der Waals surface area contributed by atoms with E-state index >= 15 is 0 Å². The number of ether oxygens (including phenoxy) is 1. The molecule has 0 fully saturated rings. The third-order valence-electron chi connectivity index (χ3n) is 4.20. The van der Waals surface area contributed by atoms with E-state index in [2.05, 4.69) is 10.3 Å². The molecule has 0 aliphatic heterocycles. The van der Waals surface area contributed by atoms with Crippen LogP contribution in [-0.2, 0) is 16.1 Å². The summed E-state index contributed by atoms with van der Waals surface area (Å²) < 4.78 is 7.31. The van der Waals surface area contributed by atoms with Gasteiger partial charge in [-0.05, 0) is 38.1 Å². The summed E-state index contributed by atoms with van der Waals surface area (Å²) in [6.45, 7) is 3.53. The molecule has 3 rings (SSSR count). The van der Waals surface area contributed by atoms with Gasteiger partial charge in [0.25, 0.3) is 5.91 Å². The van der Waals surface area contributed by atoms with Crippen molar-refractivity contribution in [3.8, 4) is 5.75 Å². The van der Waals surface area contributed by atoms with Gasteiger partial charge in [0, 0.05) is 0 Å². The predicted molar refractivity (Wildman–Crippen MR) is 98.9 cm³/mol. The maximum atomic E-state index is 12.1. The van der Waals surface area contributed by atoms with Crippen LogP contribution in [0.1, 0.15) is 25.7 Å². The summed E-state index contributed by atoms with van der Waals surface area (Å²) in [5.74, 6) is 1.07. The molecule has 3 aromatic rings. The summed E-state index contributed by atoms with van der Waals surface area (Å²) in [4.78, 5) is 28.5. The van der Waals surface area contributed by atoms with E-state index in [1.165, 1.54) is 0 Å². The Balaban J connectivity index is 1.71. The minimum atomic E-state index is -0.352. The number of nitrogens with one attached hydrogen (secondary N) is 1. The van der Waals surface area contributed by atoms with Gasteiger partial charge in [0.05, 0.1) is 23.6 Å². The average molecular weight is 351 g/mol. The van der Waals surface area contributed by atoms with Crippen LogP contribution in [0.15, 0.2) is 54.6 Å². The second-order valence-electron chi connectivity index (χ2n) is 6.05. The monoisotopic (exact) mass is 351 g/mol. The first kappa shape index (κ1) is 17.7. The number of ketones is 1. The molecule has 0 radical (unpaired) electrons. The Labute approximate surface area is 151 Å². The van der Waals surface area contributed by atoms with Crippen LogP contribution in [0.4, 0.5) is 0 Å². The molecule has 1 heterocycles. The Kier molecular flexibility index (Phi) is 5.31. The Bertz CT molecular complexity index is 918. The first-order valence-corrected chi connectivity index (χ1v) is 8.47. The van der Waals surface area contributed by atoms with E-state index in [4.69, 9.17) is 4.74 Å². The lowest BCUT2D eigenvalue weighted by Crippen LogP contribution is -2.30. The van der Waals surface area contributed by atoms with Gasteiger partial charge < -0.3 is 14.6 Å². The first-order valence-electron chi connectivity index (χ1n) is 8.47. The molecular formula is C20H21N3O3. The third-order valence-corrected chi connectivity index (χ3v) is 4.20. The molecule has 1 amide bonds. The van der Waals surface area contributed by atoms with Crippen molar-refractivity contribution in [2.75, 3.05) is 6.61 Å². The summed E-state index contributed by atoms with van der Waals surface area (Å²) >= 11 is 0. The zero-order valence-electron chi connectivity index (χ0n) is 14.8. The minimum Gasteiger partial charge on any atom is -0.484 e. The molecule has 1 aromatic heterocycles. The van der Waals surface area contributed by atoms with Crippen LogP contribution < -0.4 is 10.1 Å². The molecule has 1 unspecified atom stereocenters. The number of para-hydroxylation sites is 3. The Hall–Kier alpha value is -3.15. The number of hydrogen-bond acceptors (Lipinski definition) is 4. The largest absolute Gasteiger partial charge is 0.484 e. The van der Waals surface area contributed by atoms with Crippen molar-refractivity contribution in [3.05, 3.63) is 60.4 Å². The van der Waals surface area contributed by atoms with Crippen molar-refractivity contribution < 1.29 is 14.3 Å². The van der Waals surface area contributed by atoms with E-state index < -0.39 is 0 Å². The van der Waals surface area contributed by atoms with E-state index in [0.29, 0.717) is 11.6 Å². The molecule has 0 aliphatic rings. The van der Waals surface area contributed by atoms with Gasteiger partial charge in [0.1, 0.15) is 11.6 Å². The number of nitrogens with zero attached hydrogens (tertiary/aromatic N) is 2. The number of benzene rings is 2. The number of carbonyl (C=O) groups is 2. The molecule has 0 saturated heterocycles. The predicted octanol–water partition coefficient (Wildman–Crippen LogP) is 2.88. The number of imidazole rings is 1. The Morgan fingerprint density at radius 3 is 2.54 bits per heavy atom. The number of amides is 1. The van der Waals surface area contributed by atoms with Gasteiger partial charge in [0.15, 0.2) is 12.4 Å². The number of Topliss-reactive ketones (excluding diaryl/α,β-unsaturated/α-hetero) is 1. The molecule has 0 spiro atoms. The summed E-state index contributed by atoms with van der Waals surface area (Å²) in [5, 5.41) is 2.81. The first-order chi connectivity index (χ1) is 12.6. The zero-order valence-corrected chi connectivity index (χ0v) is 14.8. The lowest BCUT2D eigenvalue weighted by molar-refractivity contribution is -0.123. The van der Waals surface area contributed by atoms with E-state index in [1.807, 2.05) is 54.0 Å². The van der Waals surface area contributed by atoms with Crippen molar-refractivity contribution >= 4 is 22.7 Å². The molecule has 0 aliphatic carbocycles. The maximum absolute atomic E-state index is 12.1. The third kappa shape index (κ3) is 3.91. The summed E-state index contributed by atoms with van der Waals surface area (Å²) in [6.07, 6.45) is 0. The average Bonchev–Trinajstić information content (AvgIpc) is 3.03. The molecule has 6 nitrogen and oxygen atoms in total. The van der Waals surface area contributed by atoms with Crippen LogP contribution in [-0.4, -0.2) is 27.8 Å². The normalized spacial score (nSPS) is 11.9. The quantitative estimate of drug-likeness (QED) is 0.710. The van der Waals surface area contributed by atoms with Crippen molar-refractivity contribution in [1.29, 1.82) is 0 Å². The highest BCUT2D eigenvalue weighted by Gasteiger charge is 2.19. The topological polar surface area (TPSA) is 73.2 Å².